The number of anilines is 2. The highest BCUT2D eigenvalue weighted by molar-refractivity contribution is 6.39. The molecule has 2 amide bonds. The van der Waals surface area contributed by atoms with Crippen LogP contribution in [0, 0.1) is 0 Å². The lowest BCUT2D eigenvalue weighted by Gasteiger charge is -2.21. The molecule has 0 saturated heterocycles. The van der Waals surface area contributed by atoms with Gasteiger partial charge in [-0.3, -0.25) is 5.32 Å². The van der Waals surface area contributed by atoms with Crippen LogP contribution >= 0.6 is 23.2 Å². The molecule has 2 heterocycles. The fourth-order valence-corrected chi connectivity index (χ4v) is 4.61. The Morgan fingerprint density at radius 3 is 2.39 bits per heavy atom. The summed E-state index contributed by atoms with van der Waals surface area (Å²) in [4.78, 5) is 23.7. The number of aromatic nitrogens is 2. The smallest absolute Gasteiger partial charge is 0.320 e. The van der Waals surface area contributed by atoms with Crippen molar-refractivity contribution in [2.75, 3.05) is 36.8 Å². The SMILES string of the molecule is CC[NH+](CC)CCCCNc1cc2nc(NC(=O)NC(C)(C)C)c(-c3c(Cl)cccc3Cl)cc2cn1. The van der Waals surface area contributed by atoms with Gasteiger partial charge in [-0.05, 0) is 65.7 Å². The number of urea groups is 1. The number of pyridine rings is 2. The number of carbonyl (C=O) groups excluding carboxylic acids is 1. The summed E-state index contributed by atoms with van der Waals surface area (Å²) in [5, 5.41) is 11.0. The van der Waals surface area contributed by atoms with Gasteiger partial charge in [-0.15, -0.1) is 0 Å². The van der Waals surface area contributed by atoms with Crippen LogP contribution in [-0.4, -0.2) is 47.7 Å². The first-order chi connectivity index (χ1) is 17.1. The van der Waals surface area contributed by atoms with Crippen molar-refractivity contribution in [2.24, 2.45) is 0 Å². The Labute approximate surface area is 224 Å². The zero-order valence-electron chi connectivity index (χ0n) is 21.8. The van der Waals surface area contributed by atoms with Gasteiger partial charge in [-0.25, -0.2) is 14.8 Å². The van der Waals surface area contributed by atoms with Crippen LogP contribution in [0.4, 0.5) is 16.4 Å². The van der Waals surface area contributed by atoms with Gasteiger partial charge in [-0.1, -0.05) is 29.3 Å². The molecule has 0 aliphatic heterocycles. The molecule has 3 rings (SSSR count). The van der Waals surface area contributed by atoms with Crippen molar-refractivity contribution >= 4 is 51.8 Å². The van der Waals surface area contributed by atoms with E-state index in [-0.39, 0.29) is 6.03 Å². The number of quaternary nitrogens is 1. The Morgan fingerprint density at radius 1 is 1.06 bits per heavy atom. The second-order valence-electron chi connectivity index (χ2n) is 9.91. The monoisotopic (exact) mass is 531 g/mol. The first-order valence-corrected chi connectivity index (χ1v) is 13.3. The Kier molecular flexibility index (Phi) is 9.77. The zero-order valence-corrected chi connectivity index (χ0v) is 23.3. The molecule has 7 nitrogen and oxygen atoms in total. The van der Waals surface area contributed by atoms with E-state index in [9.17, 15) is 4.79 Å². The van der Waals surface area contributed by atoms with E-state index >= 15 is 0 Å². The van der Waals surface area contributed by atoms with E-state index in [1.807, 2.05) is 32.9 Å². The summed E-state index contributed by atoms with van der Waals surface area (Å²) >= 11 is 13.0. The van der Waals surface area contributed by atoms with E-state index in [0.717, 1.165) is 43.7 Å². The summed E-state index contributed by atoms with van der Waals surface area (Å²) in [6, 6.07) is 8.76. The topological polar surface area (TPSA) is 83.4 Å². The van der Waals surface area contributed by atoms with Crippen LogP contribution < -0.4 is 20.9 Å². The molecule has 4 N–H and O–H groups in total. The number of unbranched alkanes of at least 4 members (excludes halogenated alkanes) is 1. The zero-order chi connectivity index (χ0) is 26.3. The number of halogens is 2. The number of hydrogen-bond donors (Lipinski definition) is 4. The van der Waals surface area contributed by atoms with E-state index in [1.54, 1.807) is 29.3 Å². The van der Waals surface area contributed by atoms with Gasteiger partial charge >= 0.3 is 6.03 Å². The van der Waals surface area contributed by atoms with Crippen molar-refractivity contribution in [3.63, 3.8) is 0 Å². The molecule has 194 valence electrons. The fourth-order valence-electron chi connectivity index (χ4n) is 4.00. The highest BCUT2D eigenvalue weighted by atomic mass is 35.5. The van der Waals surface area contributed by atoms with Crippen LogP contribution in [0.3, 0.4) is 0 Å². The molecule has 0 fully saturated rings. The summed E-state index contributed by atoms with van der Waals surface area (Å²) in [6.07, 6.45) is 4.01. The Bertz CT molecular complexity index is 1170. The molecule has 0 aliphatic carbocycles. The molecular weight excluding hydrogens is 495 g/mol. The van der Waals surface area contributed by atoms with Gasteiger partial charge in [0.05, 0.1) is 35.2 Å². The lowest BCUT2D eigenvalue weighted by Crippen LogP contribution is -3.11. The normalized spacial score (nSPS) is 11.7. The molecule has 0 atom stereocenters. The van der Waals surface area contributed by atoms with Crippen molar-refractivity contribution in [2.45, 2.75) is 53.0 Å². The van der Waals surface area contributed by atoms with Crippen molar-refractivity contribution in [1.29, 1.82) is 0 Å². The summed E-state index contributed by atoms with van der Waals surface area (Å²) in [7, 11) is 0. The number of fused-ring (bicyclic) bond motifs is 1. The molecule has 0 spiro atoms. The van der Waals surface area contributed by atoms with Crippen molar-refractivity contribution < 1.29 is 9.69 Å². The first-order valence-electron chi connectivity index (χ1n) is 12.5. The van der Waals surface area contributed by atoms with Crippen LogP contribution in [0.1, 0.15) is 47.5 Å². The van der Waals surface area contributed by atoms with Crippen LogP contribution in [0.2, 0.25) is 10.0 Å². The van der Waals surface area contributed by atoms with Crippen LogP contribution in [-0.2, 0) is 0 Å². The Balaban J connectivity index is 1.88. The Morgan fingerprint density at radius 2 is 1.75 bits per heavy atom. The number of benzene rings is 1. The molecule has 3 aromatic rings. The second kappa shape index (κ2) is 12.6. The molecule has 0 bridgehead atoms. The lowest BCUT2D eigenvalue weighted by atomic mass is 10.0. The molecule has 0 aliphatic rings. The minimum Gasteiger partial charge on any atom is -0.370 e. The maximum atomic E-state index is 12.7. The largest absolute Gasteiger partial charge is 0.370 e. The number of nitrogens with one attached hydrogen (secondary N) is 4. The minimum atomic E-state index is -0.406. The fraction of sp³-hybridized carbons (Fsp3) is 0.444. The maximum absolute atomic E-state index is 12.7. The van der Waals surface area contributed by atoms with Gasteiger partial charge in [0.1, 0.15) is 11.6 Å². The lowest BCUT2D eigenvalue weighted by molar-refractivity contribution is -0.896. The van der Waals surface area contributed by atoms with Crippen LogP contribution in [0.5, 0.6) is 0 Å². The molecule has 36 heavy (non-hydrogen) atoms. The summed E-state index contributed by atoms with van der Waals surface area (Å²) < 4.78 is 0. The third-order valence-corrected chi connectivity index (χ3v) is 6.54. The third-order valence-electron chi connectivity index (χ3n) is 5.91. The van der Waals surface area contributed by atoms with Gasteiger partial charge in [0.2, 0.25) is 0 Å². The quantitative estimate of drug-likeness (QED) is 0.255. The molecule has 2 aromatic heterocycles. The van der Waals surface area contributed by atoms with Crippen molar-refractivity contribution in [3.8, 4) is 11.1 Å². The highest BCUT2D eigenvalue weighted by Crippen LogP contribution is 2.39. The minimum absolute atomic E-state index is 0.360. The summed E-state index contributed by atoms with van der Waals surface area (Å²) in [5.41, 5.74) is 1.54. The van der Waals surface area contributed by atoms with Gasteiger partial charge in [0, 0.05) is 40.9 Å². The van der Waals surface area contributed by atoms with Gasteiger partial charge < -0.3 is 15.5 Å². The van der Waals surface area contributed by atoms with Crippen molar-refractivity contribution in [3.05, 3.63) is 46.6 Å². The maximum Gasteiger partial charge on any atom is 0.320 e. The molecule has 0 saturated carbocycles. The molecule has 1 aromatic carbocycles. The van der Waals surface area contributed by atoms with E-state index in [0.29, 0.717) is 32.5 Å². The standard InChI is InChI=1S/C27H36Cl2N6O/c1-6-35(7-2)14-9-8-13-30-23-16-22-18(17-31-23)15-19(24-20(28)11-10-12-21(24)29)25(32-22)33-26(36)34-27(3,4)5/h10-12,15-17H,6-9,13-14H2,1-5H3,(H,30,31)(H2,32,33,34,36)/p+1. The molecule has 9 heteroatoms. The van der Waals surface area contributed by atoms with Gasteiger partial charge in [0.25, 0.3) is 0 Å². The van der Waals surface area contributed by atoms with Gasteiger partial charge in [-0.2, -0.15) is 0 Å². The summed E-state index contributed by atoms with van der Waals surface area (Å²) in [6.45, 7) is 14.5. The molecule has 0 radical (unpaired) electrons. The van der Waals surface area contributed by atoms with E-state index in [2.05, 4.69) is 34.8 Å². The number of carbonyl (C=O) groups is 1. The number of nitrogens with zero attached hydrogens (tertiary/aromatic N) is 2. The average molecular weight is 533 g/mol. The molecular formula is C27H37Cl2N6O+. The second-order valence-corrected chi connectivity index (χ2v) is 10.7. The average Bonchev–Trinajstić information content (AvgIpc) is 2.80. The van der Waals surface area contributed by atoms with Crippen LogP contribution in [0.25, 0.3) is 22.0 Å². The van der Waals surface area contributed by atoms with E-state index < -0.39 is 5.54 Å². The van der Waals surface area contributed by atoms with Crippen molar-refractivity contribution in [1.82, 2.24) is 15.3 Å². The summed E-state index contributed by atoms with van der Waals surface area (Å²) in [5.74, 6) is 1.12. The predicted octanol–water partition coefficient (Wildman–Crippen LogP) is 5.64. The van der Waals surface area contributed by atoms with E-state index in [1.165, 1.54) is 6.54 Å². The predicted molar refractivity (Wildman–Crippen MR) is 152 cm³/mol. The van der Waals surface area contributed by atoms with Gasteiger partial charge in [0.15, 0.2) is 0 Å². The van der Waals surface area contributed by atoms with Crippen LogP contribution in [0.15, 0.2) is 36.5 Å². The number of amides is 2. The highest BCUT2D eigenvalue weighted by Gasteiger charge is 2.20. The third kappa shape index (κ3) is 7.69. The molecule has 0 unspecified atom stereocenters. The van der Waals surface area contributed by atoms with E-state index in [4.69, 9.17) is 28.2 Å². The number of hydrogen-bond acceptors (Lipinski definition) is 4. The number of rotatable bonds is 10. The first kappa shape index (κ1) is 28.0. The Hall–Kier alpha value is -2.61.